The maximum atomic E-state index is 14.0. The standard InChI is InChI=1S/C22H19F9N2O5/c1-11-4-6-12(7-5-11)16(34)33-19(21(26,27)28,22(29,30)31)32-14-9-8-13(10-15(14)37-2)18(36,17(35)38-3)20(23,24)25/h4-10,32,36H,1-3H3,(H,33,34). The molecule has 3 N–H and O–H groups in total. The highest BCUT2D eigenvalue weighted by atomic mass is 19.4. The van der Waals surface area contributed by atoms with E-state index in [9.17, 15) is 54.2 Å². The predicted molar refractivity (Wildman–Crippen MR) is 112 cm³/mol. The summed E-state index contributed by atoms with van der Waals surface area (Å²) in [5.41, 5.74) is -12.1. The van der Waals surface area contributed by atoms with Crippen molar-refractivity contribution < 1.29 is 63.7 Å². The summed E-state index contributed by atoms with van der Waals surface area (Å²) in [5, 5.41) is 12.0. The molecule has 0 aromatic heterocycles. The second kappa shape index (κ2) is 10.2. The number of hydrogen-bond donors (Lipinski definition) is 3. The Kier molecular flexibility index (Phi) is 8.22. The Hall–Kier alpha value is -3.69. The lowest BCUT2D eigenvalue weighted by atomic mass is 9.92. The molecule has 0 spiro atoms. The van der Waals surface area contributed by atoms with E-state index in [0.717, 1.165) is 22.8 Å². The van der Waals surface area contributed by atoms with Gasteiger partial charge in [0.25, 0.3) is 11.5 Å². The summed E-state index contributed by atoms with van der Waals surface area (Å²) in [6.45, 7) is 1.55. The lowest BCUT2D eigenvalue weighted by Gasteiger charge is -2.39. The van der Waals surface area contributed by atoms with E-state index in [1.54, 1.807) is 6.92 Å². The number of alkyl halides is 9. The molecule has 1 atom stereocenters. The van der Waals surface area contributed by atoms with E-state index < -0.39 is 64.2 Å². The average Bonchev–Trinajstić information content (AvgIpc) is 2.80. The Morgan fingerprint density at radius 2 is 1.34 bits per heavy atom. The topological polar surface area (TPSA) is 96.9 Å². The Morgan fingerprint density at radius 3 is 1.76 bits per heavy atom. The van der Waals surface area contributed by atoms with Crippen molar-refractivity contribution in [2.45, 2.75) is 36.7 Å². The van der Waals surface area contributed by atoms with Gasteiger partial charge in [-0.05, 0) is 31.2 Å². The summed E-state index contributed by atoms with van der Waals surface area (Å²) >= 11 is 0. The zero-order chi connectivity index (χ0) is 29.3. The Labute approximate surface area is 208 Å². The fraction of sp³-hybridized carbons (Fsp3) is 0.364. The van der Waals surface area contributed by atoms with Crippen molar-refractivity contribution in [3.8, 4) is 5.75 Å². The molecule has 0 heterocycles. The van der Waals surface area contributed by atoms with Crippen molar-refractivity contribution in [1.82, 2.24) is 5.32 Å². The van der Waals surface area contributed by atoms with Gasteiger partial charge in [-0.1, -0.05) is 23.8 Å². The van der Waals surface area contributed by atoms with Gasteiger partial charge < -0.3 is 25.2 Å². The summed E-state index contributed by atoms with van der Waals surface area (Å²) in [4.78, 5) is 24.2. The molecule has 1 amide bonds. The van der Waals surface area contributed by atoms with Crippen LogP contribution in [0.25, 0.3) is 0 Å². The van der Waals surface area contributed by atoms with Crippen LogP contribution in [0.5, 0.6) is 5.75 Å². The molecule has 0 radical (unpaired) electrons. The zero-order valence-electron chi connectivity index (χ0n) is 19.5. The van der Waals surface area contributed by atoms with Gasteiger partial charge in [-0.15, -0.1) is 0 Å². The number of aryl methyl sites for hydroxylation is 1. The minimum Gasteiger partial charge on any atom is -0.495 e. The van der Waals surface area contributed by atoms with Gasteiger partial charge in [0.1, 0.15) is 5.75 Å². The predicted octanol–water partition coefficient (Wildman–Crippen LogP) is 4.59. The van der Waals surface area contributed by atoms with Crippen LogP contribution < -0.4 is 15.4 Å². The van der Waals surface area contributed by atoms with Crippen LogP contribution in [-0.2, 0) is 15.1 Å². The SMILES string of the molecule is COC(=O)C(O)(c1ccc(NC(NC(=O)c2ccc(C)cc2)(C(F)(F)F)C(F)(F)F)c(OC)c1)C(F)(F)F. The minimum absolute atomic E-state index is 0.187. The summed E-state index contributed by atoms with van der Waals surface area (Å²) in [5.74, 6) is -5.12. The summed E-state index contributed by atoms with van der Waals surface area (Å²) < 4.78 is 133. The third-order valence-electron chi connectivity index (χ3n) is 5.30. The molecule has 2 aromatic rings. The summed E-state index contributed by atoms with van der Waals surface area (Å²) in [6.07, 6.45) is -18.3. The van der Waals surface area contributed by atoms with Crippen LogP contribution in [0.3, 0.4) is 0 Å². The molecule has 0 fully saturated rings. The van der Waals surface area contributed by atoms with Crippen LogP contribution in [0.4, 0.5) is 45.2 Å². The first kappa shape index (κ1) is 30.5. The largest absolute Gasteiger partial charge is 0.495 e. The molecule has 38 heavy (non-hydrogen) atoms. The fourth-order valence-corrected chi connectivity index (χ4v) is 3.19. The van der Waals surface area contributed by atoms with Crippen LogP contribution in [0.2, 0.25) is 0 Å². The van der Waals surface area contributed by atoms with Crippen molar-refractivity contribution in [2.75, 3.05) is 19.5 Å². The molecule has 1 unspecified atom stereocenters. The second-order valence-electron chi connectivity index (χ2n) is 7.81. The molecule has 0 saturated heterocycles. The van der Waals surface area contributed by atoms with Crippen molar-refractivity contribution in [3.63, 3.8) is 0 Å². The van der Waals surface area contributed by atoms with Gasteiger partial charge in [0, 0.05) is 11.1 Å². The Balaban J connectivity index is 2.69. The van der Waals surface area contributed by atoms with Crippen LogP contribution in [0.1, 0.15) is 21.5 Å². The number of ether oxygens (including phenoxy) is 2. The smallest absolute Gasteiger partial charge is 0.439 e. The maximum absolute atomic E-state index is 14.0. The Bertz CT molecular complexity index is 1160. The van der Waals surface area contributed by atoms with E-state index in [1.807, 2.05) is 0 Å². The monoisotopic (exact) mass is 562 g/mol. The molecular weight excluding hydrogens is 543 g/mol. The van der Waals surface area contributed by atoms with Crippen molar-refractivity contribution in [1.29, 1.82) is 0 Å². The van der Waals surface area contributed by atoms with Crippen LogP contribution >= 0.6 is 0 Å². The normalized spacial score (nSPS) is 14.3. The average molecular weight is 562 g/mol. The first-order chi connectivity index (χ1) is 17.2. The fourth-order valence-electron chi connectivity index (χ4n) is 3.19. The van der Waals surface area contributed by atoms with Crippen LogP contribution in [0, 0.1) is 6.92 Å². The number of hydrogen-bond acceptors (Lipinski definition) is 6. The number of esters is 1. The molecule has 210 valence electrons. The highest BCUT2D eigenvalue weighted by Crippen LogP contribution is 2.47. The first-order valence-electron chi connectivity index (χ1n) is 10.1. The van der Waals surface area contributed by atoms with E-state index in [4.69, 9.17) is 0 Å². The maximum Gasteiger partial charge on any atom is 0.439 e. The third-order valence-corrected chi connectivity index (χ3v) is 5.30. The number of anilines is 1. The summed E-state index contributed by atoms with van der Waals surface area (Å²) in [7, 11) is 1.19. The number of carbonyl (C=O) groups excluding carboxylic acids is 2. The van der Waals surface area contributed by atoms with Crippen molar-refractivity contribution in [2.24, 2.45) is 0 Å². The van der Waals surface area contributed by atoms with Crippen molar-refractivity contribution >= 4 is 17.6 Å². The molecule has 16 heteroatoms. The molecule has 0 bridgehead atoms. The Morgan fingerprint density at radius 1 is 0.816 bits per heavy atom. The number of halogens is 9. The number of carbonyl (C=O) groups is 2. The number of rotatable bonds is 7. The number of amides is 1. The highest BCUT2D eigenvalue weighted by Gasteiger charge is 2.73. The van der Waals surface area contributed by atoms with Gasteiger partial charge in [-0.3, -0.25) is 4.79 Å². The van der Waals surface area contributed by atoms with E-state index in [0.29, 0.717) is 19.8 Å². The van der Waals surface area contributed by atoms with Crippen molar-refractivity contribution in [3.05, 3.63) is 59.2 Å². The molecular formula is C22H19F9N2O5. The van der Waals surface area contributed by atoms with Gasteiger partial charge >= 0.3 is 30.2 Å². The molecule has 2 aromatic carbocycles. The lowest BCUT2D eigenvalue weighted by Crippen LogP contribution is -2.72. The van der Waals surface area contributed by atoms with Gasteiger partial charge in [-0.25, -0.2) is 4.79 Å². The van der Waals surface area contributed by atoms with Gasteiger partial charge in [0.2, 0.25) is 0 Å². The molecule has 2 rings (SSSR count). The van der Waals surface area contributed by atoms with Crippen LogP contribution in [-0.4, -0.2) is 55.4 Å². The first-order valence-corrected chi connectivity index (χ1v) is 10.1. The number of methoxy groups -OCH3 is 2. The number of aliphatic hydroxyl groups is 1. The third kappa shape index (κ3) is 5.44. The highest BCUT2D eigenvalue weighted by molar-refractivity contribution is 5.95. The second-order valence-corrected chi connectivity index (χ2v) is 7.81. The molecule has 7 nitrogen and oxygen atoms in total. The van der Waals surface area contributed by atoms with Gasteiger partial charge in [-0.2, -0.15) is 39.5 Å². The quantitative estimate of drug-likeness (QED) is 0.260. The van der Waals surface area contributed by atoms with Gasteiger partial charge in [0.15, 0.2) is 0 Å². The van der Waals surface area contributed by atoms with Crippen LogP contribution in [0.15, 0.2) is 42.5 Å². The summed E-state index contributed by atoms with van der Waals surface area (Å²) in [6, 6.07) is 5.15. The zero-order valence-corrected chi connectivity index (χ0v) is 19.5. The van der Waals surface area contributed by atoms with E-state index in [1.165, 1.54) is 12.1 Å². The van der Waals surface area contributed by atoms with E-state index in [-0.39, 0.29) is 18.2 Å². The number of nitrogens with one attached hydrogen (secondary N) is 2. The molecule has 0 aliphatic heterocycles. The molecule has 0 aliphatic rings. The number of benzene rings is 2. The van der Waals surface area contributed by atoms with Gasteiger partial charge in [0.05, 0.1) is 19.9 Å². The van der Waals surface area contributed by atoms with E-state index in [2.05, 4.69) is 9.47 Å². The minimum atomic E-state index is -6.27. The van der Waals surface area contributed by atoms with E-state index >= 15 is 0 Å². The molecule has 0 aliphatic carbocycles. The lowest BCUT2D eigenvalue weighted by molar-refractivity contribution is -0.294. The molecule has 0 saturated carbocycles.